The third-order valence-electron chi connectivity index (χ3n) is 4.02. The van der Waals surface area contributed by atoms with Gasteiger partial charge in [0.2, 0.25) is 0 Å². The van der Waals surface area contributed by atoms with Crippen LogP contribution < -0.4 is 0 Å². The van der Waals surface area contributed by atoms with Crippen molar-refractivity contribution >= 4 is 0 Å². The van der Waals surface area contributed by atoms with Crippen LogP contribution in [0.3, 0.4) is 0 Å². The lowest BCUT2D eigenvalue weighted by molar-refractivity contribution is -0.0396. The summed E-state index contributed by atoms with van der Waals surface area (Å²) in [7, 11) is 0. The predicted octanol–water partition coefficient (Wildman–Crippen LogP) is 1.84. The summed E-state index contributed by atoms with van der Waals surface area (Å²) in [5, 5.41) is 10.5. The van der Waals surface area contributed by atoms with Crippen molar-refractivity contribution in [2.24, 2.45) is 11.8 Å². The molecular weight excluding hydrogens is 162 g/mol. The molecule has 76 valence electrons. The van der Waals surface area contributed by atoms with E-state index in [2.05, 4.69) is 18.7 Å². The van der Waals surface area contributed by atoms with Gasteiger partial charge in [0.1, 0.15) is 5.72 Å². The normalized spacial score (nSPS) is 43.4. The Labute approximate surface area is 80.9 Å². The summed E-state index contributed by atoms with van der Waals surface area (Å²) in [6.07, 6.45) is 5.14. The number of hydrogen-bond acceptors (Lipinski definition) is 2. The number of fused-ring (bicyclic) bond motifs is 1. The van der Waals surface area contributed by atoms with Crippen LogP contribution >= 0.6 is 0 Å². The van der Waals surface area contributed by atoms with Crippen LogP contribution in [0.25, 0.3) is 0 Å². The maximum Gasteiger partial charge on any atom is 0.125 e. The van der Waals surface area contributed by atoms with Crippen molar-refractivity contribution in [3.63, 3.8) is 0 Å². The smallest absolute Gasteiger partial charge is 0.125 e. The highest BCUT2D eigenvalue weighted by molar-refractivity contribution is 5.12. The highest BCUT2D eigenvalue weighted by Crippen LogP contribution is 2.59. The van der Waals surface area contributed by atoms with E-state index in [1.807, 2.05) is 0 Å². The van der Waals surface area contributed by atoms with E-state index in [0.717, 1.165) is 13.1 Å². The highest BCUT2D eigenvalue weighted by Gasteiger charge is 2.66. The first-order chi connectivity index (χ1) is 6.25. The van der Waals surface area contributed by atoms with Gasteiger partial charge in [0, 0.05) is 11.8 Å². The van der Waals surface area contributed by atoms with Crippen molar-refractivity contribution in [2.45, 2.75) is 45.3 Å². The average Bonchev–Trinajstić information content (AvgIpc) is 2.77. The summed E-state index contributed by atoms with van der Waals surface area (Å²) in [6, 6.07) is 0. The van der Waals surface area contributed by atoms with Gasteiger partial charge in [-0.05, 0) is 25.9 Å². The number of hydrogen-bond donors (Lipinski definition) is 1. The minimum atomic E-state index is -0.403. The third-order valence-corrected chi connectivity index (χ3v) is 4.02. The lowest BCUT2D eigenvalue weighted by Gasteiger charge is -2.26. The molecule has 3 atom stereocenters. The quantitative estimate of drug-likeness (QED) is 0.675. The van der Waals surface area contributed by atoms with Gasteiger partial charge >= 0.3 is 0 Å². The molecule has 2 rings (SSSR count). The van der Waals surface area contributed by atoms with Gasteiger partial charge in [0.25, 0.3) is 0 Å². The molecule has 0 aromatic rings. The third kappa shape index (κ3) is 1.23. The fraction of sp³-hybridized carbons (Fsp3) is 1.00. The molecule has 1 unspecified atom stereocenters. The molecular formula is C11H21NO. The number of nitrogens with zero attached hydrogens (tertiary/aromatic N) is 1. The molecule has 2 aliphatic carbocycles. The molecule has 13 heavy (non-hydrogen) atoms. The van der Waals surface area contributed by atoms with E-state index in [-0.39, 0.29) is 0 Å². The summed E-state index contributed by atoms with van der Waals surface area (Å²) in [4.78, 5) is 2.24. The summed E-state index contributed by atoms with van der Waals surface area (Å²) in [6.45, 7) is 6.26. The van der Waals surface area contributed by atoms with Gasteiger partial charge < -0.3 is 5.11 Å². The maximum atomic E-state index is 10.5. The van der Waals surface area contributed by atoms with Crippen LogP contribution in [0, 0.1) is 11.8 Å². The Morgan fingerprint density at radius 2 is 1.62 bits per heavy atom. The Bertz CT molecular complexity index is 177. The molecule has 0 radical (unpaired) electrons. The minimum Gasteiger partial charge on any atom is -0.375 e. The van der Waals surface area contributed by atoms with Crippen molar-refractivity contribution in [2.75, 3.05) is 13.1 Å². The van der Waals surface area contributed by atoms with Gasteiger partial charge in [0.15, 0.2) is 0 Å². The fourth-order valence-electron chi connectivity index (χ4n) is 3.26. The minimum absolute atomic E-state index is 0.403. The average molecular weight is 183 g/mol. The van der Waals surface area contributed by atoms with Gasteiger partial charge in [-0.2, -0.15) is 0 Å². The largest absolute Gasteiger partial charge is 0.375 e. The van der Waals surface area contributed by atoms with E-state index in [1.54, 1.807) is 0 Å². The SMILES string of the molecule is CCN(CC)C1(O)[C@@H]2CCCC[C@@H]21. The zero-order valence-corrected chi connectivity index (χ0v) is 8.79. The molecule has 0 spiro atoms. The molecule has 0 bridgehead atoms. The second-order valence-electron chi connectivity index (χ2n) is 4.45. The Morgan fingerprint density at radius 1 is 1.15 bits per heavy atom. The van der Waals surface area contributed by atoms with Crippen molar-refractivity contribution < 1.29 is 5.11 Å². The maximum absolute atomic E-state index is 10.5. The molecule has 2 saturated carbocycles. The molecule has 2 nitrogen and oxygen atoms in total. The van der Waals surface area contributed by atoms with E-state index >= 15 is 0 Å². The van der Waals surface area contributed by atoms with Crippen molar-refractivity contribution in [1.29, 1.82) is 0 Å². The van der Waals surface area contributed by atoms with E-state index in [9.17, 15) is 5.11 Å². The molecule has 0 aromatic heterocycles. The van der Waals surface area contributed by atoms with E-state index in [0.29, 0.717) is 11.8 Å². The van der Waals surface area contributed by atoms with Crippen LogP contribution in [0.2, 0.25) is 0 Å². The Kier molecular flexibility index (Phi) is 2.37. The Hall–Kier alpha value is -0.0800. The van der Waals surface area contributed by atoms with Gasteiger partial charge in [0.05, 0.1) is 0 Å². The summed E-state index contributed by atoms with van der Waals surface area (Å²) in [5.41, 5.74) is -0.403. The Morgan fingerprint density at radius 3 is 2.00 bits per heavy atom. The molecule has 2 fully saturated rings. The first kappa shape index (κ1) is 9.47. The predicted molar refractivity (Wildman–Crippen MR) is 53.3 cm³/mol. The van der Waals surface area contributed by atoms with Crippen LogP contribution in [0.5, 0.6) is 0 Å². The van der Waals surface area contributed by atoms with Crippen molar-refractivity contribution in [1.82, 2.24) is 4.90 Å². The van der Waals surface area contributed by atoms with Gasteiger partial charge in [-0.25, -0.2) is 0 Å². The number of aliphatic hydroxyl groups is 1. The first-order valence-corrected chi connectivity index (χ1v) is 5.72. The standard InChI is InChI=1S/C11H21NO/c1-3-12(4-2)11(13)9-7-5-6-8-10(9)11/h9-10,13H,3-8H2,1-2H3/t9-,10+,11?. The van der Waals surface area contributed by atoms with Crippen LogP contribution in [0.1, 0.15) is 39.5 Å². The second-order valence-corrected chi connectivity index (χ2v) is 4.45. The zero-order chi connectivity index (χ0) is 9.47. The molecule has 0 amide bonds. The Balaban J connectivity index is 2.05. The summed E-state index contributed by atoms with van der Waals surface area (Å²) >= 11 is 0. The summed E-state index contributed by atoms with van der Waals surface area (Å²) in [5.74, 6) is 1.20. The first-order valence-electron chi connectivity index (χ1n) is 5.72. The molecule has 2 heteroatoms. The lowest BCUT2D eigenvalue weighted by atomic mass is 10.0. The summed E-state index contributed by atoms with van der Waals surface area (Å²) < 4.78 is 0. The van der Waals surface area contributed by atoms with Crippen LogP contribution in [-0.4, -0.2) is 28.8 Å². The van der Waals surface area contributed by atoms with E-state index in [1.165, 1.54) is 25.7 Å². The van der Waals surface area contributed by atoms with Crippen molar-refractivity contribution in [3.05, 3.63) is 0 Å². The van der Waals surface area contributed by atoms with Gasteiger partial charge in [-0.15, -0.1) is 0 Å². The van der Waals surface area contributed by atoms with Gasteiger partial charge in [-0.3, -0.25) is 4.90 Å². The fourth-order valence-corrected chi connectivity index (χ4v) is 3.26. The molecule has 0 aliphatic heterocycles. The zero-order valence-electron chi connectivity index (χ0n) is 8.79. The second kappa shape index (κ2) is 3.25. The topological polar surface area (TPSA) is 23.5 Å². The van der Waals surface area contributed by atoms with Crippen LogP contribution in [0.15, 0.2) is 0 Å². The van der Waals surface area contributed by atoms with E-state index < -0.39 is 5.72 Å². The lowest BCUT2D eigenvalue weighted by Crippen LogP contribution is -2.39. The van der Waals surface area contributed by atoms with Crippen LogP contribution in [-0.2, 0) is 0 Å². The van der Waals surface area contributed by atoms with Crippen molar-refractivity contribution in [3.8, 4) is 0 Å². The van der Waals surface area contributed by atoms with E-state index in [4.69, 9.17) is 0 Å². The molecule has 0 saturated heterocycles. The molecule has 1 N–H and O–H groups in total. The molecule has 2 aliphatic rings. The molecule has 0 heterocycles. The monoisotopic (exact) mass is 183 g/mol. The highest BCUT2D eigenvalue weighted by atomic mass is 16.3. The van der Waals surface area contributed by atoms with Gasteiger partial charge in [-0.1, -0.05) is 26.7 Å². The van der Waals surface area contributed by atoms with Crippen LogP contribution in [0.4, 0.5) is 0 Å². The number of rotatable bonds is 3. The molecule has 0 aromatic carbocycles.